The molecule has 1 atom stereocenters. The van der Waals surface area contributed by atoms with Gasteiger partial charge in [-0.15, -0.1) is 0 Å². The standard InChI is InChI=1S/C5H2F10O3S.Na/c6-1(3(9,10)11)2(7,8)4(12,13)5(14,15)19(16,17)18;/h1H,(H,16,17,18);/q;+1/p-1. The predicted octanol–water partition coefficient (Wildman–Crippen LogP) is -0.701. The Bertz CT molecular complexity index is 442. The molecule has 0 rings (SSSR count). The van der Waals surface area contributed by atoms with E-state index in [0.29, 0.717) is 0 Å². The van der Waals surface area contributed by atoms with Gasteiger partial charge >= 0.3 is 52.8 Å². The first-order valence-electron chi connectivity index (χ1n) is 3.70. The Labute approximate surface area is 126 Å². The zero-order valence-corrected chi connectivity index (χ0v) is 11.8. The fourth-order valence-electron chi connectivity index (χ4n) is 0.716. The molecule has 0 aromatic rings. The third kappa shape index (κ3) is 3.51. The molecule has 0 saturated carbocycles. The van der Waals surface area contributed by atoms with E-state index in [0.717, 1.165) is 0 Å². The van der Waals surface area contributed by atoms with Crippen molar-refractivity contribution < 1.29 is 86.4 Å². The van der Waals surface area contributed by atoms with Crippen LogP contribution in [0.5, 0.6) is 0 Å². The summed E-state index contributed by atoms with van der Waals surface area (Å²) in [7, 11) is -7.47. The minimum Gasteiger partial charge on any atom is -0.743 e. The molecule has 1 unspecified atom stereocenters. The van der Waals surface area contributed by atoms with Crippen LogP contribution in [0.25, 0.3) is 0 Å². The zero-order valence-electron chi connectivity index (χ0n) is 8.99. The van der Waals surface area contributed by atoms with E-state index >= 15 is 0 Å². The monoisotopic (exact) mass is 354 g/mol. The fourth-order valence-corrected chi connectivity index (χ4v) is 1.17. The van der Waals surface area contributed by atoms with Gasteiger partial charge in [0.05, 0.1) is 0 Å². The average molecular weight is 354 g/mol. The Hall–Kier alpha value is 0.210. The second kappa shape index (κ2) is 5.78. The van der Waals surface area contributed by atoms with Crippen LogP contribution in [0.3, 0.4) is 0 Å². The summed E-state index contributed by atoms with van der Waals surface area (Å²) in [5, 5.41) is -7.14. The molecule has 0 aliphatic heterocycles. The van der Waals surface area contributed by atoms with E-state index in [1.54, 1.807) is 0 Å². The average Bonchev–Trinajstić information content (AvgIpc) is 2.12. The van der Waals surface area contributed by atoms with Crippen LogP contribution in [0.4, 0.5) is 43.9 Å². The van der Waals surface area contributed by atoms with Crippen molar-refractivity contribution in [2.45, 2.75) is 29.4 Å². The van der Waals surface area contributed by atoms with Crippen LogP contribution in [0.1, 0.15) is 0 Å². The molecule has 0 N–H and O–H groups in total. The summed E-state index contributed by atoms with van der Waals surface area (Å²) in [6.45, 7) is 0. The van der Waals surface area contributed by atoms with Crippen molar-refractivity contribution in [1.82, 2.24) is 0 Å². The van der Waals surface area contributed by atoms with E-state index in [2.05, 4.69) is 0 Å². The van der Waals surface area contributed by atoms with Crippen LogP contribution in [-0.4, -0.2) is 42.4 Å². The van der Waals surface area contributed by atoms with Crippen molar-refractivity contribution in [1.29, 1.82) is 0 Å². The second-order valence-electron chi connectivity index (χ2n) is 3.07. The maximum atomic E-state index is 12.4. The van der Waals surface area contributed by atoms with Gasteiger partial charge in [0.2, 0.25) is 0 Å². The summed E-state index contributed by atoms with van der Waals surface area (Å²) in [5.41, 5.74) is 0. The topological polar surface area (TPSA) is 57.2 Å². The molecular formula is C5HF10NaO3S. The summed E-state index contributed by atoms with van der Waals surface area (Å²) in [6.07, 6.45) is -12.5. The number of hydrogen-bond donors (Lipinski definition) is 0. The van der Waals surface area contributed by atoms with Crippen molar-refractivity contribution in [2.75, 3.05) is 0 Å². The fraction of sp³-hybridized carbons (Fsp3) is 1.00. The molecule has 0 aliphatic rings. The van der Waals surface area contributed by atoms with Gasteiger partial charge in [0.1, 0.15) is 0 Å². The smallest absolute Gasteiger partial charge is 0.743 e. The van der Waals surface area contributed by atoms with Crippen LogP contribution >= 0.6 is 0 Å². The van der Waals surface area contributed by atoms with E-state index in [4.69, 9.17) is 0 Å². The van der Waals surface area contributed by atoms with Crippen molar-refractivity contribution in [3.05, 3.63) is 0 Å². The molecule has 116 valence electrons. The van der Waals surface area contributed by atoms with Gasteiger partial charge < -0.3 is 4.55 Å². The third-order valence-corrected chi connectivity index (χ3v) is 2.59. The normalized spacial score (nSPS) is 16.6. The van der Waals surface area contributed by atoms with Crippen LogP contribution in [0.2, 0.25) is 0 Å². The molecule has 0 heterocycles. The molecule has 0 saturated heterocycles. The minimum absolute atomic E-state index is 0. The molecule has 0 aromatic carbocycles. The molecule has 0 amide bonds. The first-order chi connectivity index (χ1) is 7.90. The Balaban J connectivity index is 0. The van der Waals surface area contributed by atoms with Crippen molar-refractivity contribution in [3.8, 4) is 0 Å². The second-order valence-corrected chi connectivity index (χ2v) is 4.49. The number of alkyl halides is 10. The molecule has 15 heteroatoms. The molecule has 0 bridgehead atoms. The summed E-state index contributed by atoms with van der Waals surface area (Å²) in [4.78, 5) is 0. The van der Waals surface area contributed by atoms with Crippen LogP contribution in [-0.2, 0) is 10.1 Å². The first kappa shape index (κ1) is 22.5. The maximum Gasteiger partial charge on any atom is 1.00 e. The van der Waals surface area contributed by atoms with Gasteiger partial charge in [-0.25, -0.2) is 12.8 Å². The molecule has 0 aliphatic carbocycles. The molecule has 20 heavy (non-hydrogen) atoms. The number of halogens is 10. The molecule has 0 spiro atoms. The SMILES string of the molecule is O=S(=O)([O-])C(F)(F)C(F)(F)C(F)(F)C(F)C(F)(F)F.[Na+]. The predicted molar refractivity (Wildman–Crippen MR) is 35.5 cm³/mol. The van der Waals surface area contributed by atoms with Crippen LogP contribution in [0.15, 0.2) is 0 Å². The van der Waals surface area contributed by atoms with Gasteiger partial charge in [0.25, 0.3) is 6.17 Å². The summed E-state index contributed by atoms with van der Waals surface area (Å²) in [5.74, 6) is -14.6. The van der Waals surface area contributed by atoms with Gasteiger partial charge in [-0.2, -0.15) is 39.5 Å². The summed E-state index contributed by atoms with van der Waals surface area (Å²) >= 11 is 0. The Morgan fingerprint density at radius 1 is 0.850 bits per heavy atom. The van der Waals surface area contributed by atoms with E-state index in [1.807, 2.05) is 0 Å². The molecule has 0 aromatic heterocycles. The summed E-state index contributed by atoms with van der Waals surface area (Å²) < 4.78 is 150. The summed E-state index contributed by atoms with van der Waals surface area (Å²) in [6, 6.07) is 0. The van der Waals surface area contributed by atoms with Crippen molar-refractivity contribution >= 4 is 10.1 Å². The number of rotatable bonds is 4. The largest absolute Gasteiger partial charge is 1.00 e. The van der Waals surface area contributed by atoms with Gasteiger partial charge in [-0.05, 0) is 0 Å². The number of hydrogen-bond acceptors (Lipinski definition) is 3. The minimum atomic E-state index is -7.47. The van der Waals surface area contributed by atoms with E-state index in [-0.39, 0.29) is 29.6 Å². The van der Waals surface area contributed by atoms with Gasteiger partial charge in [-0.3, -0.25) is 0 Å². The Kier molecular flexibility index (Phi) is 6.50. The maximum absolute atomic E-state index is 12.4. The van der Waals surface area contributed by atoms with Gasteiger partial charge in [-0.1, -0.05) is 0 Å². The quantitative estimate of drug-likeness (QED) is 0.381. The Morgan fingerprint density at radius 3 is 1.35 bits per heavy atom. The Morgan fingerprint density at radius 2 is 1.15 bits per heavy atom. The van der Waals surface area contributed by atoms with E-state index < -0.39 is 39.6 Å². The third-order valence-electron chi connectivity index (χ3n) is 1.70. The zero-order chi connectivity index (χ0) is 16.1. The molecule has 0 radical (unpaired) electrons. The molecule has 3 nitrogen and oxygen atoms in total. The van der Waals surface area contributed by atoms with Crippen LogP contribution in [0, 0.1) is 0 Å². The van der Waals surface area contributed by atoms with E-state index in [9.17, 15) is 56.9 Å². The van der Waals surface area contributed by atoms with Crippen LogP contribution < -0.4 is 29.6 Å². The van der Waals surface area contributed by atoms with Gasteiger partial charge in [0, 0.05) is 0 Å². The first-order valence-corrected chi connectivity index (χ1v) is 5.11. The van der Waals surface area contributed by atoms with Gasteiger partial charge in [0.15, 0.2) is 10.1 Å². The van der Waals surface area contributed by atoms with Crippen molar-refractivity contribution in [2.24, 2.45) is 0 Å². The molecular weight excluding hydrogens is 353 g/mol. The molecule has 0 fully saturated rings. The van der Waals surface area contributed by atoms with E-state index in [1.165, 1.54) is 0 Å². The van der Waals surface area contributed by atoms with Crippen molar-refractivity contribution in [3.63, 3.8) is 0 Å².